The standard InChI is InChI=1S/C12H15ClN4O/c1-3-12(2,7-14)11-16-10(17-18-11)9-5-4-8(13)6-15-9/h4-6H,3,7,14H2,1-2H3. The van der Waals surface area contributed by atoms with Crippen LogP contribution in [0, 0.1) is 0 Å². The number of aromatic nitrogens is 3. The molecule has 2 heterocycles. The Hall–Kier alpha value is -1.46. The second-order valence-corrected chi connectivity index (χ2v) is 4.84. The van der Waals surface area contributed by atoms with E-state index >= 15 is 0 Å². The van der Waals surface area contributed by atoms with Crippen molar-refractivity contribution in [2.45, 2.75) is 25.7 Å². The summed E-state index contributed by atoms with van der Waals surface area (Å²) in [7, 11) is 0. The molecule has 18 heavy (non-hydrogen) atoms. The van der Waals surface area contributed by atoms with Gasteiger partial charge >= 0.3 is 0 Å². The summed E-state index contributed by atoms with van der Waals surface area (Å²) in [6.07, 6.45) is 2.38. The van der Waals surface area contributed by atoms with E-state index < -0.39 is 0 Å². The lowest BCUT2D eigenvalue weighted by Gasteiger charge is -2.20. The van der Waals surface area contributed by atoms with E-state index in [1.54, 1.807) is 18.3 Å². The first-order valence-electron chi connectivity index (χ1n) is 5.75. The minimum atomic E-state index is -0.294. The van der Waals surface area contributed by atoms with Crippen LogP contribution in [0.5, 0.6) is 0 Å². The number of rotatable bonds is 4. The molecule has 2 N–H and O–H groups in total. The number of pyridine rings is 1. The van der Waals surface area contributed by atoms with Gasteiger partial charge in [0.15, 0.2) is 0 Å². The lowest BCUT2D eigenvalue weighted by atomic mass is 9.88. The van der Waals surface area contributed by atoms with Gasteiger partial charge in [-0.2, -0.15) is 4.98 Å². The zero-order valence-electron chi connectivity index (χ0n) is 10.4. The van der Waals surface area contributed by atoms with Crippen molar-refractivity contribution in [1.29, 1.82) is 0 Å². The molecule has 0 saturated heterocycles. The average Bonchev–Trinajstić information content (AvgIpc) is 2.89. The number of hydrogen-bond donors (Lipinski definition) is 1. The van der Waals surface area contributed by atoms with Crippen molar-refractivity contribution in [2.24, 2.45) is 5.73 Å². The maximum Gasteiger partial charge on any atom is 0.234 e. The van der Waals surface area contributed by atoms with E-state index in [4.69, 9.17) is 21.9 Å². The van der Waals surface area contributed by atoms with Crippen molar-refractivity contribution in [3.05, 3.63) is 29.2 Å². The van der Waals surface area contributed by atoms with Crippen LogP contribution in [0.1, 0.15) is 26.2 Å². The van der Waals surface area contributed by atoms with E-state index in [0.717, 1.165) is 6.42 Å². The van der Waals surface area contributed by atoms with Gasteiger partial charge < -0.3 is 10.3 Å². The number of halogens is 1. The summed E-state index contributed by atoms with van der Waals surface area (Å²) in [6, 6.07) is 3.49. The van der Waals surface area contributed by atoms with Crippen LogP contribution in [0.2, 0.25) is 5.02 Å². The summed E-state index contributed by atoms with van der Waals surface area (Å²) in [5, 5.41) is 4.50. The zero-order chi connectivity index (χ0) is 13.2. The summed E-state index contributed by atoms with van der Waals surface area (Å²) >= 11 is 5.78. The zero-order valence-corrected chi connectivity index (χ0v) is 11.1. The van der Waals surface area contributed by atoms with Crippen molar-refractivity contribution in [2.75, 3.05) is 6.54 Å². The van der Waals surface area contributed by atoms with Crippen LogP contribution in [0.15, 0.2) is 22.9 Å². The molecule has 1 atom stereocenters. The van der Waals surface area contributed by atoms with Gasteiger partial charge in [0.25, 0.3) is 0 Å². The minimum absolute atomic E-state index is 0.294. The van der Waals surface area contributed by atoms with Gasteiger partial charge in [0.05, 0.1) is 10.4 Å². The largest absolute Gasteiger partial charge is 0.338 e. The SMILES string of the molecule is CCC(C)(CN)c1nc(-c2ccc(Cl)cn2)no1. The van der Waals surface area contributed by atoms with Crippen LogP contribution < -0.4 is 5.73 Å². The fourth-order valence-electron chi connectivity index (χ4n) is 1.46. The van der Waals surface area contributed by atoms with Gasteiger partial charge in [-0.25, -0.2) is 0 Å². The van der Waals surface area contributed by atoms with Gasteiger partial charge in [0.1, 0.15) is 5.69 Å². The molecule has 0 aromatic carbocycles. The molecule has 1 unspecified atom stereocenters. The number of nitrogens with zero attached hydrogens (tertiary/aromatic N) is 3. The van der Waals surface area contributed by atoms with Crippen LogP contribution in [0.3, 0.4) is 0 Å². The van der Waals surface area contributed by atoms with Crippen LogP contribution in [-0.2, 0) is 5.41 Å². The molecule has 6 heteroatoms. The Balaban J connectivity index is 2.33. The van der Waals surface area contributed by atoms with Crippen LogP contribution in [0.25, 0.3) is 11.5 Å². The van der Waals surface area contributed by atoms with Gasteiger partial charge in [0, 0.05) is 12.7 Å². The number of nitrogens with two attached hydrogens (primary N) is 1. The van der Waals surface area contributed by atoms with Gasteiger partial charge in [-0.15, -0.1) is 0 Å². The van der Waals surface area contributed by atoms with Gasteiger partial charge in [-0.1, -0.05) is 23.7 Å². The van der Waals surface area contributed by atoms with Crippen LogP contribution >= 0.6 is 11.6 Å². The van der Waals surface area contributed by atoms with Crippen molar-refractivity contribution in [3.63, 3.8) is 0 Å². The van der Waals surface area contributed by atoms with Crippen molar-refractivity contribution in [3.8, 4) is 11.5 Å². The highest BCUT2D eigenvalue weighted by atomic mass is 35.5. The predicted molar refractivity (Wildman–Crippen MR) is 69.2 cm³/mol. The Kier molecular flexibility index (Phi) is 3.63. The molecule has 0 aliphatic heterocycles. The molecule has 0 aliphatic rings. The molecule has 0 fully saturated rings. The van der Waals surface area contributed by atoms with Crippen molar-refractivity contribution >= 4 is 11.6 Å². The summed E-state index contributed by atoms with van der Waals surface area (Å²) in [5.41, 5.74) is 6.09. The molecule has 0 bridgehead atoms. The highest BCUT2D eigenvalue weighted by molar-refractivity contribution is 6.30. The quantitative estimate of drug-likeness (QED) is 0.919. The third kappa shape index (κ3) is 2.37. The molecule has 5 nitrogen and oxygen atoms in total. The molecule has 0 saturated carbocycles. The van der Waals surface area contributed by atoms with Crippen LogP contribution in [0.4, 0.5) is 0 Å². The van der Waals surface area contributed by atoms with Gasteiger partial charge in [-0.05, 0) is 25.5 Å². The molecule has 0 aliphatic carbocycles. The Labute approximate surface area is 110 Å². The molecule has 0 amide bonds. The summed E-state index contributed by atoms with van der Waals surface area (Å²) < 4.78 is 5.28. The lowest BCUT2D eigenvalue weighted by molar-refractivity contribution is 0.291. The van der Waals surface area contributed by atoms with Crippen LogP contribution in [-0.4, -0.2) is 21.7 Å². The first kappa shape index (κ1) is 13.0. The Bertz CT molecular complexity index is 519. The molecule has 0 spiro atoms. The highest BCUT2D eigenvalue weighted by Crippen LogP contribution is 2.26. The first-order chi connectivity index (χ1) is 8.59. The van der Waals surface area contributed by atoms with Gasteiger partial charge in [0.2, 0.25) is 11.7 Å². The summed E-state index contributed by atoms with van der Waals surface area (Å²) in [6.45, 7) is 4.50. The van der Waals surface area contributed by atoms with E-state index in [9.17, 15) is 0 Å². The topological polar surface area (TPSA) is 77.8 Å². The second-order valence-electron chi connectivity index (χ2n) is 4.40. The maximum atomic E-state index is 5.78. The van der Waals surface area contributed by atoms with E-state index in [1.165, 1.54) is 0 Å². The van der Waals surface area contributed by atoms with Crippen molar-refractivity contribution in [1.82, 2.24) is 15.1 Å². The van der Waals surface area contributed by atoms with E-state index in [0.29, 0.717) is 29.0 Å². The Morgan fingerprint density at radius 3 is 2.78 bits per heavy atom. The fourth-order valence-corrected chi connectivity index (χ4v) is 1.58. The van der Waals surface area contributed by atoms with Crippen molar-refractivity contribution < 1.29 is 4.52 Å². The van der Waals surface area contributed by atoms with E-state index in [-0.39, 0.29) is 5.41 Å². The smallest absolute Gasteiger partial charge is 0.234 e. The van der Waals surface area contributed by atoms with Gasteiger partial charge in [-0.3, -0.25) is 4.98 Å². The van der Waals surface area contributed by atoms with E-state index in [2.05, 4.69) is 15.1 Å². The predicted octanol–water partition coefficient (Wildman–Crippen LogP) is 2.41. The normalized spacial score (nSPS) is 14.4. The molecular formula is C12H15ClN4O. The molecule has 96 valence electrons. The monoisotopic (exact) mass is 266 g/mol. The first-order valence-corrected chi connectivity index (χ1v) is 6.13. The molecule has 2 aromatic heterocycles. The Morgan fingerprint density at radius 1 is 1.44 bits per heavy atom. The number of hydrogen-bond acceptors (Lipinski definition) is 5. The molecule has 2 aromatic rings. The van der Waals surface area contributed by atoms with E-state index in [1.807, 2.05) is 13.8 Å². The summed E-state index contributed by atoms with van der Waals surface area (Å²) in [4.78, 5) is 8.51. The summed E-state index contributed by atoms with van der Waals surface area (Å²) in [5.74, 6) is 0.994. The lowest BCUT2D eigenvalue weighted by Crippen LogP contribution is -2.31. The maximum absolute atomic E-state index is 5.78. The average molecular weight is 267 g/mol. The third-order valence-corrected chi connectivity index (χ3v) is 3.35. The molecule has 0 radical (unpaired) electrons. The molecular weight excluding hydrogens is 252 g/mol. The minimum Gasteiger partial charge on any atom is -0.338 e. The second kappa shape index (κ2) is 5.04. The fraction of sp³-hybridized carbons (Fsp3) is 0.417. The third-order valence-electron chi connectivity index (χ3n) is 3.13. The highest BCUT2D eigenvalue weighted by Gasteiger charge is 2.30. The molecule has 2 rings (SSSR count). The Morgan fingerprint density at radius 2 is 2.22 bits per heavy atom.